The van der Waals surface area contributed by atoms with Crippen LogP contribution < -0.4 is 10.3 Å². The second kappa shape index (κ2) is 7.67. The van der Waals surface area contributed by atoms with Crippen LogP contribution in [-0.2, 0) is 6.61 Å². The fraction of sp³-hybridized carbons (Fsp3) is 0.111. The number of nitrogens with zero attached hydrogens (tertiary/aromatic N) is 3. The molecule has 0 saturated carbocycles. The molecule has 0 bridgehead atoms. The fourth-order valence-electron chi connectivity index (χ4n) is 2.14. The molecular weight excluding hydrogens is 336 g/mol. The number of aromatic nitrogens is 3. The van der Waals surface area contributed by atoms with Crippen LogP contribution in [0.15, 0.2) is 64.6 Å². The molecule has 0 saturated heterocycles. The molecule has 25 heavy (non-hydrogen) atoms. The summed E-state index contributed by atoms with van der Waals surface area (Å²) >= 11 is 5.01. The first-order chi connectivity index (χ1) is 12.1. The summed E-state index contributed by atoms with van der Waals surface area (Å²) in [4.78, 5) is 11.8. The summed E-state index contributed by atoms with van der Waals surface area (Å²) < 4.78 is 7.08. The maximum absolute atomic E-state index is 11.8. The van der Waals surface area contributed by atoms with E-state index in [4.69, 9.17) is 17.0 Å². The van der Waals surface area contributed by atoms with Crippen LogP contribution in [0.4, 0.5) is 0 Å². The average molecular weight is 352 g/mol. The van der Waals surface area contributed by atoms with Gasteiger partial charge in [-0.2, -0.15) is 14.9 Å². The van der Waals surface area contributed by atoms with E-state index in [-0.39, 0.29) is 4.77 Å². The van der Waals surface area contributed by atoms with Crippen LogP contribution in [-0.4, -0.2) is 21.1 Å². The van der Waals surface area contributed by atoms with Gasteiger partial charge in [0.05, 0.1) is 6.21 Å². The Morgan fingerprint density at radius 1 is 1.24 bits per heavy atom. The van der Waals surface area contributed by atoms with Gasteiger partial charge in [-0.1, -0.05) is 42.0 Å². The van der Waals surface area contributed by atoms with E-state index in [9.17, 15) is 4.79 Å². The van der Waals surface area contributed by atoms with Crippen LogP contribution in [0, 0.1) is 11.7 Å². The van der Waals surface area contributed by atoms with E-state index < -0.39 is 5.56 Å². The predicted octanol–water partition coefficient (Wildman–Crippen LogP) is 3.07. The maximum Gasteiger partial charge on any atom is 0.293 e. The molecule has 6 nitrogen and oxygen atoms in total. The maximum atomic E-state index is 11.8. The third-order valence-corrected chi connectivity index (χ3v) is 3.75. The van der Waals surface area contributed by atoms with Crippen LogP contribution in [0.2, 0.25) is 0 Å². The highest BCUT2D eigenvalue weighted by Gasteiger charge is 2.02. The molecule has 3 rings (SSSR count). The Kier molecular flexibility index (Phi) is 5.15. The number of hydrogen-bond acceptors (Lipinski definition) is 5. The van der Waals surface area contributed by atoms with Gasteiger partial charge in [0.25, 0.3) is 5.56 Å². The van der Waals surface area contributed by atoms with E-state index >= 15 is 0 Å². The minimum absolute atomic E-state index is 0.127. The van der Waals surface area contributed by atoms with Gasteiger partial charge >= 0.3 is 0 Å². The molecule has 0 aliphatic heterocycles. The highest BCUT2D eigenvalue weighted by molar-refractivity contribution is 7.71. The lowest BCUT2D eigenvalue weighted by Gasteiger charge is -2.09. The van der Waals surface area contributed by atoms with Gasteiger partial charge in [0.15, 0.2) is 0 Å². The number of hydrogen-bond donors (Lipinski definition) is 1. The van der Waals surface area contributed by atoms with Gasteiger partial charge in [-0.25, -0.2) is 0 Å². The molecule has 0 aliphatic carbocycles. The van der Waals surface area contributed by atoms with Gasteiger partial charge in [-0.05, 0) is 36.8 Å². The first kappa shape index (κ1) is 16.8. The Morgan fingerprint density at radius 3 is 2.76 bits per heavy atom. The summed E-state index contributed by atoms with van der Waals surface area (Å²) in [7, 11) is 0. The Morgan fingerprint density at radius 2 is 2.00 bits per heavy atom. The summed E-state index contributed by atoms with van der Waals surface area (Å²) in [5, 5.41) is 10.3. The molecule has 0 atom stereocenters. The van der Waals surface area contributed by atoms with E-state index in [1.54, 1.807) is 0 Å². The van der Waals surface area contributed by atoms with E-state index in [1.165, 1.54) is 11.8 Å². The predicted molar refractivity (Wildman–Crippen MR) is 98.6 cm³/mol. The largest absolute Gasteiger partial charge is 0.488 e. The number of aryl methyl sites for hydroxylation is 1. The zero-order chi connectivity index (χ0) is 17.6. The second-order valence-corrected chi connectivity index (χ2v) is 5.77. The summed E-state index contributed by atoms with van der Waals surface area (Å²) in [5.41, 5.74) is 2.62. The number of nitrogens with one attached hydrogen (secondary N) is 1. The third-order valence-electron chi connectivity index (χ3n) is 3.48. The fourth-order valence-corrected chi connectivity index (χ4v) is 2.33. The van der Waals surface area contributed by atoms with Crippen molar-refractivity contribution in [2.45, 2.75) is 13.5 Å². The zero-order valence-electron chi connectivity index (χ0n) is 13.5. The lowest BCUT2D eigenvalue weighted by molar-refractivity contribution is 0.306. The van der Waals surface area contributed by atoms with E-state index in [2.05, 4.69) is 15.3 Å². The first-order valence-electron chi connectivity index (χ1n) is 7.62. The molecule has 3 aromatic rings. The molecule has 0 amide bonds. The van der Waals surface area contributed by atoms with Crippen LogP contribution in [0.1, 0.15) is 16.7 Å². The molecule has 1 aromatic heterocycles. The van der Waals surface area contributed by atoms with Crippen molar-refractivity contribution in [3.63, 3.8) is 0 Å². The number of H-pyrrole nitrogens is 1. The third kappa shape index (κ3) is 4.27. The van der Waals surface area contributed by atoms with Gasteiger partial charge in [0.2, 0.25) is 4.77 Å². The number of benzene rings is 2. The monoisotopic (exact) mass is 352 g/mol. The number of ether oxygens (including phenoxy) is 1. The van der Waals surface area contributed by atoms with Crippen LogP contribution in [0.3, 0.4) is 0 Å². The molecule has 0 radical (unpaired) electrons. The number of rotatable bonds is 5. The second-order valence-electron chi connectivity index (χ2n) is 5.38. The number of para-hydroxylation sites is 1. The van der Waals surface area contributed by atoms with E-state index in [1.807, 2.05) is 55.5 Å². The van der Waals surface area contributed by atoms with Crippen molar-refractivity contribution >= 4 is 18.4 Å². The van der Waals surface area contributed by atoms with Crippen molar-refractivity contribution < 1.29 is 4.74 Å². The average Bonchev–Trinajstić information content (AvgIpc) is 2.62. The summed E-state index contributed by atoms with van der Waals surface area (Å²) in [6, 6.07) is 15.6. The van der Waals surface area contributed by atoms with Crippen molar-refractivity contribution in [2.75, 3.05) is 0 Å². The Bertz CT molecular complexity index is 978. The summed E-state index contributed by atoms with van der Waals surface area (Å²) in [6.45, 7) is 2.49. The van der Waals surface area contributed by atoms with Gasteiger partial charge < -0.3 is 4.74 Å². The van der Waals surface area contributed by atoms with Crippen LogP contribution in [0.5, 0.6) is 5.75 Å². The van der Waals surface area contributed by atoms with Crippen LogP contribution in [0.25, 0.3) is 0 Å². The molecule has 1 heterocycles. The normalized spacial score (nSPS) is 10.9. The Labute approximate surface area is 149 Å². The van der Waals surface area contributed by atoms with Gasteiger partial charge in [-0.3, -0.25) is 9.89 Å². The minimum atomic E-state index is -0.405. The molecular formula is C18H16N4O2S. The first-order valence-corrected chi connectivity index (χ1v) is 8.03. The molecule has 0 unspecified atom stereocenters. The molecule has 2 aromatic carbocycles. The molecule has 0 spiro atoms. The Balaban J connectivity index is 1.81. The van der Waals surface area contributed by atoms with E-state index in [0.29, 0.717) is 12.4 Å². The highest BCUT2D eigenvalue weighted by atomic mass is 32.1. The van der Waals surface area contributed by atoms with Gasteiger partial charge in [-0.15, -0.1) is 0 Å². The zero-order valence-corrected chi connectivity index (χ0v) is 14.4. The van der Waals surface area contributed by atoms with Crippen molar-refractivity contribution in [1.29, 1.82) is 0 Å². The topological polar surface area (TPSA) is 72.3 Å². The summed E-state index contributed by atoms with van der Waals surface area (Å²) in [6.07, 6.45) is 2.66. The van der Waals surface area contributed by atoms with Gasteiger partial charge in [0, 0.05) is 5.56 Å². The molecule has 1 N–H and O–H groups in total. The molecule has 0 fully saturated rings. The van der Waals surface area contributed by atoms with Gasteiger partial charge in [0.1, 0.15) is 18.6 Å². The molecule has 0 aliphatic rings. The van der Waals surface area contributed by atoms with Crippen molar-refractivity contribution in [1.82, 2.24) is 14.9 Å². The minimum Gasteiger partial charge on any atom is -0.488 e. The summed E-state index contributed by atoms with van der Waals surface area (Å²) in [5.74, 6) is 0.670. The molecule has 7 heteroatoms. The quantitative estimate of drug-likeness (QED) is 0.566. The van der Waals surface area contributed by atoms with Crippen molar-refractivity contribution in [3.8, 4) is 5.75 Å². The standard InChI is InChI=1S/C18H16N4O2S/c1-13-6-8-14(9-7-13)12-24-16-5-3-2-4-15(16)10-20-22-17(23)11-19-21-18(22)25/h2-11H,12H2,1H3,(H,21,25)/b20-10+. The lowest BCUT2D eigenvalue weighted by atomic mass is 10.1. The highest BCUT2D eigenvalue weighted by Crippen LogP contribution is 2.18. The van der Waals surface area contributed by atoms with Crippen LogP contribution >= 0.6 is 12.2 Å². The van der Waals surface area contributed by atoms with Crippen molar-refractivity contribution in [3.05, 3.63) is 86.5 Å². The SMILES string of the molecule is Cc1ccc(COc2ccccc2/C=N/n2c(=O)cn[nH]c2=S)cc1. The van der Waals surface area contributed by atoms with E-state index in [0.717, 1.165) is 22.0 Å². The lowest BCUT2D eigenvalue weighted by Crippen LogP contribution is -2.18. The van der Waals surface area contributed by atoms with Crippen molar-refractivity contribution in [2.24, 2.45) is 5.10 Å². The number of aromatic amines is 1. The Hall–Kier alpha value is -3.06. The molecule has 126 valence electrons. The smallest absolute Gasteiger partial charge is 0.293 e.